The van der Waals surface area contributed by atoms with E-state index >= 15 is 0 Å². The molecule has 2 atom stereocenters. The predicted molar refractivity (Wildman–Crippen MR) is 157 cm³/mol. The van der Waals surface area contributed by atoms with Crippen molar-refractivity contribution in [3.05, 3.63) is 46.2 Å². The number of rotatable bonds is 7. The van der Waals surface area contributed by atoms with E-state index in [-0.39, 0.29) is 22.4 Å². The SMILES string of the molecule is C#Cc1ccc(CN2CCC(N3CCN(c4nc(N)c(C(=O)N[C@@H]5CCCC5=O)nc4Cl)C[C@@H]3CC)CC2)cc1. The predicted octanol–water partition coefficient (Wildman–Crippen LogP) is 3.11. The first-order chi connectivity index (χ1) is 19.4. The minimum atomic E-state index is -0.508. The lowest BCUT2D eigenvalue weighted by atomic mass is 9.97. The fraction of sp³-hybridized carbons (Fsp3) is 0.533. The van der Waals surface area contributed by atoms with Gasteiger partial charge in [0.05, 0.1) is 6.04 Å². The van der Waals surface area contributed by atoms with E-state index in [4.69, 9.17) is 23.8 Å². The molecule has 9 nitrogen and oxygen atoms in total. The number of likely N-dealkylation sites (tertiary alicyclic amines) is 1. The van der Waals surface area contributed by atoms with Crippen LogP contribution in [0.4, 0.5) is 11.6 Å². The van der Waals surface area contributed by atoms with Gasteiger partial charge in [-0.2, -0.15) is 0 Å². The van der Waals surface area contributed by atoms with Crippen LogP contribution in [0.25, 0.3) is 0 Å². The molecule has 1 saturated carbocycles. The highest BCUT2D eigenvalue weighted by molar-refractivity contribution is 6.32. The second-order valence-electron chi connectivity index (χ2n) is 11.1. The summed E-state index contributed by atoms with van der Waals surface area (Å²) in [5.74, 6) is 2.74. The zero-order chi connectivity index (χ0) is 28.2. The number of terminal acetylenes is 1. The van der Waals surface area contributed by atoms with E-state index in [1.54, 1.807) is 0 Å². The van der Waals surface area contributed by atoms with Crippen molar-refractivity contribution >= 4 is 34.9 Å². The normalized spacial score (nSPS) is 22.8. The summed E-state index contributed by atoms with van der Waals surface area (Å²) in [6, 6.07) is 8.70. The Morgan fingerprint density at radius 2 is 1.90 bits per heavy atom. The van der Waals surface area contributed by atoms with Crippen molar-refractivity contribution in [1.29, 1.82) is 0 Å². The number of hydrogen-bond donors (Lipinski definition) is 2. The number of nitrogen functional groups attached to an aromatic ring is 1. The molecule has 3 fully saturated rings. The summed E-state index contributed by atoms with van der Waals surface area (Å²) in [5.41, 5.74) is 8.36. The van der Waals surface area contributed by atoms with Crippen molar-refractivity contribution in [1.82, 2.24) is 25.1 Å². The summed E-state index contributed by atoms with van der Waals surface area (Å²) < 4.78 is 0. The molecule has 40 heavy (non-hydrogen) atoms. The Bertz CT molecular complexity index is 1270. The maximum absolute atomic E-state index is 12.7. The highest BCUT2D eigenvalue weighted by atomic mass is 35.5. The number of piperidine rings is 1. The highest BCUT2D eigenvalue weighted by Gasteiger charge is 2.35. The zero-order valence-corrected chi connectivity index (χ0v) is 23.9. The van der Waals surface area contributed by atoms with Crippen molar-refractivity contribution in [2.24, 2.45) is 0 Å². The van der Waals surface area contributed by atoms with Gasteiger partial charge in [0.1, 0.15) is 0 Å². The van der Waals surface area contributed by atoms with Crippen LogP contribution in [0.5, 0.6) is 0 Å². The van der Waals surface area contributed by atoms with Gasteiger partial charge in [0.25, 0.3) is 5.91 Å². The molecule has 2 saturated heterocycles. The molecule has 3 N–H and O–H groups in total. The van der Waals surface area contributed by atoms with Gasteiger partial charge >= 0.3 is 0 Å². The molecule has 212 valence electrons. The molecule has 0 radical (unpaired) electrons. The van der Waals surface area contributed by atoms with Gasteiger partial charge in [-0.05, 0) is 62.9 Å². The number of ketones is 1. The molecule has 3 aliphatic rings. The summed E-state index contributed by atoms with van der Waals surface area (Å²) in [5, 5.41) is 2.89. The summed E-state index contributed by atoms with van der Waals surface area (Å²) >= 11 is 6.55. The van der Waals surface area contributed by atoms with Gasteiger partial charge < -0.3 is 16.0 Å². The van der Waals surface area contributed by atoms with E-state index in [0.29, 0.717) is 30.7 Å². The summed E-state index contributed by atoms with van der Waals surface area (Å²) in [6.07, 6.45) is 10.7. The molecule has 10 heteroatoms. The average molecular weight is 564 g/mol. The lowest BCUT2D eigenvalue weighted by Gasteiger charge is -2.47. The Kier molecular flexibility index (Phi) is 8.89. The number of anilines is 2. The van der Waals surface area contributed by atoms with Crippen molar-refractivity contribution in [3.8, 4) is 12.3 Å². The molecule has 5 rings (SSSR count). The molecule has 1 amide bonds. The summed E-state index contributed by atoms with van der Waals surface area (Å²) in [4.78, 5) is 40.8. The first-order valence-corrected chi connectivity index (χ1v) is 14.7. The van der Waals surface area contributed by atoms with Crippen LogP contribution in [0.1, 0.15) is 67.1 Å². The van der Waals surface area contributed by atoms with Gasteiger partial charge in [0, 0.05) is 50.2 Å². The standard InChI is InChI=1S/C30H38ClN7O2/c1-3-20-8-10-21(11-9-20)18-36-14-12-23(13-15-36)38-17-16-37(19-22(38)4-2)29-27(31)34-26(28(32)35-29)30(40)33-24-6-5-7-25(24)39/h1,8-11,22-24H,4-7,12-19H2,2H3,(H2,32,35)(H,33,40)/t22-,24+/m0/s1. The minimum absolute atomic E-state index is 0.0270. The number of hydrogen-bond acceptors (Lipinski definition) is 8. The third kappa shape index (κ3) is 6.25. The van der Waals surface area contributed by atoms with E-state index < -0.39 is 11.9 Å². The molecular weight excluding hydrogens is 526 g/mol. The first kappa shape index (κ1) is 28.3. The lowest BCUT2D eigenvalue weighted by Crippen LogP contribution is -2.58. The number of piperazine rings is 1. The van der Waals surface area contributed by atoms with Crippen molar-refractivity contribution < 1.29 is 9.59 Å². The number of benzene rings is 1. The van der Waals surface area contributed by atoms with Crippen LogP contribution in [0.2, 0.25) is 5.15 Å². The summed E-state index contributed by atoms with van der Waals surface area (Å²) in [7, 11) is 0. The average Bonchev–Trinajstić information content (AvgIpc) is 3.38. The lowest BCUT2D eigenvalue weighted by molar-refractivity contribution is -0.118. The molecule has 0 spiro atoms. The second-order valence-corrected chi connectivity index (χ2v) is 11.4. The maximum atomic E-state index is 12.7. The van der Waals surface area contributed by atoms with E-state index in [9.17, 15) is 9.59 Å². The van der Waals surface area contributed by atoms with Crippen LogP contribution in [-0.2, 0) is 11.3 Å². The third-order valence-electron chi connectivity index (χ3n) is 8.54. The van der Waals surface area contributed by atoms with E-state index in [1.165, 1.54) is 5.56 Å². The monoisotopic (exact) mass is 563 g/mol. The summed E-state index contributed by atoms with van der Waals surface area (Å²) in [6.45, 7) is 7.74. The van der Waals surface area contributed by atoms with Gasteiger partial charge in [-0.25, -0.2) is 9.97 Å². The number of aromatic nitrogens is 2. The number of halogens is 1. The Morgan fingerprint density at radius 3 is 2.55 bits per heavy atom. The Labute approximate surface area is 241 Å². The number of nitrogens with two attached hydrogens (primary N) is 1. The Hall–Kier alpha value is -3.19. The zero-order valence-electron chi connectivity index (χ0n) is 23.1. The number of Topliss-reactive ketones (excluding diaryl/α,β-unsaturated/α-hetero) is 1. The topological polar surface area (TPSA) is 108 Å². The minimum Gasteiger partial charge on any atom is -0.382 e. The maximum Gasteiger partial charge on any atom is 0.274 e. The van der Waals surface area contributed by atoms with E-state index in [1.807, 2.05) is 12.1 Å². The molecule has 1 aromatic carbocycles. The van der Waals surface area contributed by atoms with Crippen LogP contribution in [0.15, 0.2) is 24.3 Å². The van der Waals surface area contributed by atoms with Gasteiger partial charge in [0.15, 0.2) is 28.3 Å². The van der Waals surface area contributed by atoms with Crippen LogP contribution < -0.4 is 16.0 Å². The Balaban J connectivity index is 1.18. The van der Waals surface area contributed by atoms with Gasteiger partial charge in [-0.15, -0.1) is 6.42 Å². The molecule has 0 unspecified atom stereocenters. The fourth-order valence-corrected chi connectivity index (χ4v) is 6.51. The van der Waals surface area contributed by atoms with Gasteiger partial charge in [-0.1, -0.05) is 36.6 Å². The van der Waals surface area contributed by atoms with Crippen LogP contribution in [0, 0.1) is 12.3 Å². The van der Waals surface area contributed by atoms with Crippen molar-refractivity contribution in [3.63, 3.8) is 0 Å². The third-order valence-corrected chi connectivity index (χ3v) is 8.79. The Morgan fingerprint density at radius 1 is 1.15 bits per heavy atom. The largest absolute Gasteiger partial charge is 0.382 e. The van der Waals surface area contributed by atoms with Crippen LogP contribution in [-0.4, -0.2) is 82.3 Å². The van der Waals surface area contributed by atoms with Crippen LogP contribution >= 0.6 is 11.6 Å². The molecule has 1 aromatic heterocycles. The quantitative estimate of drug-likeness (QED) is 0.495. The number of nitrogens with zero attached hydrogens (tertiary/aromatic N) is 5. The van der Waals surface area contributed by atoms with Gasteiger partial charge in [0.2, 0.25) is 0 Å². The second kappa shape index (κ2) is 12.5. The number of carbonyl (C=O) groups excluding carboxylic acids is 2. The number of amides is 1. The number of carbonyl (C=O) groups is 2. The smallest absolute Gasteiger partial charge is 0.274 e. The van der Waals surface area contributed by atoms with E-state index in [0.717, 1.165) is 70.5 Å². The van der Waals surface area contributed by atoms with Gasteiger partial charge in [-0.3, -0.25) is 19.4 Å². The van der Waals surface area contributed by atoms with E-state index in [2.05, 4.69) is 55.0 Å². The highest BCUT2D eigenvalue weighted by Crippen LogP contribution is 2.30. The molecular formula is C30H38ClN7O2. The first-order valence-electron chi connectivity index (χ1n) is 14.3. The molecule has 0 bridgehead atoms. The molecule has 2 aliphatic heterocycles. The molecule has 2 aromatic rings. The molecule has 1 aliphatic carbocycles. The van der Waals surface area contributed by atoms with Crippen LogP contribution in [0.3, 0.4) is 0 Å². The van der Waals surface area contributed by atoms with Crippen molar-refractivity contribution in [2.45, 2.75) is 70.1 Å². The number of nitrogens with one attached hydrogen (secondary N) is 1. The molecule has 3 heterocycles. The fourth-order valence-electron chi connectivity index (χ4n) is 6.26. The van der Waals surface area contributed by atoms with Crippen molar-refractivity contribution in [2.75, 3.05) is 43.4 Å².